The van der Waals surface area contributed by atoms with Gasteiger partial charge in [0.25, 0.3) is 5.91 Å². The summed E-state index contributed by atoms with van der Waals surface area (Å²) in [5.74, 6) is -0.380. The number of ether oxygens (including phenoxy) is 1. The van der Waals surface area contributed by atoms with Gasteiger partial charge >= 0.3 is 6.03 Å². The highest BCUT2D eigenvalue weighted by Crippen LogP contribution is 2.25. The highest BCUT2D eigenvalue weighted by molar-refractivity contribution is 6.07. The Morgan fingerprint density at radius 2 is 2.04 bits per heavy atom. The molecule has 0 aromatic rings. The van der Waals surface area contributed by atoms with Gasteiger partial charge in [0, 0.05) is 26.2 Å². The summed E-state index contributed by atoms with van der Waals surface area (Å²) in [6.45, 7) is 5.46. The smallest absolute Gasteiger partial charge is 0.325 e. The zero-order chi connectivity index (χ0) is 17.6. The summed E-state index contributed by atoms with van der Waals surface area (Å²) in [5, 5.41) is 12.6. The number of hydrogen-bond donors (Lipinski definition) is 2. The van der Waals surface area contributed by atoms with Crippen LogP contribution in [0.4, 0.5) is 4.79 Å². The molecule has 0 aromatic carbocycles. The molecule has 0 aromatic heterocycles. The number of nitrogens with zero attached hydrogens (tertiary/aromatic N) is 3. The Morgan fingerprint density at radius 3 is 2.67 bits per heavy atom. The first-order chi connectivity index (χ1) is 11.5. The largest absolute Gasteiger partial charge is 0.379 e. The molecule has 9 nitrogen and oxygen atoms in total. The summed E-state index contributed by atoms with van der Waals surface area (Å²) in [6.07, 6.45) is 2.16. The van der Waals surface area contributed by atoms with Crippen molar-refractivity contribution in [3.63, 3.8) is 0 Å². The summed E-state index contributed by atoms with van der Waals surface area (Å²) in [7, 11) is 0. The molecule has 2 fully saturated rings. The van der Waals surface area contributed by atoms with Gasteiger partial charge in [0.15, 0.2) is 0 Å². The van der Waals surface area contributed by atoms with Crippen molar-refractivity contribution in [1.82, 2.24) is 20.2 Å². The Hall–Kier alpha value is -1.71. The van der Waals surface area contributed by atoms with Crippen LogP contribution in [-0.4, -0.2) is 89.9 Å². The Balaban J connectivity index is 2.03. The van der Waals surface area contributed by atoms with Crippen molar-refractivity contribution in [3.05, 3.63) is 0 Å². The summed E-state index contributed by atoms with van der Waals surface area (Å²) in [5.41, 5.74) is -1.24. The maximum absolute atomic E-state index is 12.8. The number of rotatable bonds is 9. The molecule has 0 aliphatic carbocycles. The van der Waals surface area contributed by atoms with Crippen LogP contribution in [0.15, 0.2) is 0 Å². The predicted molar refractivity (Wildman–Crippen MR) is 84.3 cm³/mol. The van der Waals surface area contributed by atoms with Crippen LogP contribution in [0, 0.1) is 0 Å². The van der Waals surface area contributed by atoms with E-state index in [0.717, 1.165) is 19.5 Å². The Bertz CT molecular complexity index is 469. The summed E-state index contributed by atoms with van der Waals surface area (Å²) in [4.78, 5) is 39.1. The SMILES string of the molecule is CCCC[C@@]1(CN(O)C=O)NC(=O)N(CCN2CCOCC2)C1=O. The molecule has 136 valence electrons. The number of nitrogens with one attached hydrogen (secondary N) is 1. The fourth-order valence-electron chi connectivity index (χ4n) is 3.09. The van der Waals surface area contributed by atoms with Crippen molar-refractivity contribution in [2.75, 3.05) is 45.9 Å². The van der Waals surface area contributed by atoms with Crippen LogP contribution < -0.4 is 5.32 Å². The molecule has 2 saturated heterocycles. The number of unbranched alkanes of at least 4 members (excludes halogenated alkanes) is 1. The van der Waals surface area contributed by atoms with Gasteiger partial charge in [-0.25, -0.2) is 9.86 Å². The van der Waals surface area contributed by atoms with Gasteiger partial charge < -0.3 is 10.1 Å². The normalized spacial score (nSPS) is 25.0. The van der Waals surface area contributed by atoms with E-state index >= 15 is 0 Å². The number of carbonyl (C=O) groups is 3. The lowest BCUT2D eigenvalue weighted by atomic mass is 9.92. The molecule has 4 amide bonds. The van der Waals surface area contributed by atoms with E-state index in [2.05, 4.69) is 10.2 Å². The Morgan fingerprint density at radius 1 is 1.33 bits per heavy atom. The van der Waals surface area contributed by atoms with Crippen molar-refractivity contribution in [3.8, 4) is 0 Å². The lowest BCUT2D eigenvalue weighted by Gasteiger charge is -2.30. The average Bonchev–Trinajstić information content (AvgIpc) is 2.82. The first-order valence-corrected chi connectivity index (χ1v) is 8.37. The van der Waals surface area contributed by atoms with Crippen LogP contribution in [0.25, 0.3) is 0 Å². The van der Waals surface area contributed by atoms with Gasteiger partial charge in [-0.1, -0.05) is 19.8 Å². The highest BCUT2D eigenvalue weighted by Gasteiger charge is 2.51. The van der Waals surface area contributed by atoms with Gasteiger partial charge in [0.1, 0.15) is 5.54 Å². The van der Waals surface area contributed by atoms with Crippen molar-refractivity contribution in [1.29, 1.82) is 0 Å². The molecule has 2 aliphatic rings. The van der Waals surface area contributed by atoms with Crippen molar-refractivity contribution < 1.29 is 24.3 Å². The number of carbonyl (C=O) groups excluding carboxylic acids is 3. The van der Waals surface area contributed by atoms with Gasteiger partial charge in [-0.3, -0.25) is 24.6 Å². The molecule has 0 unspecified atom stereocenters. The zero-order valence-corrected chi connectivity index (χ0v) is 14.1. The summed E-state index contributed by atoms with van der Waals surface area (Å²) >= 11 is 0. The second-order valence-electron chi connectivity index (χ2n) is 6.23. The van der Waals surface area contributed by atoms with Gasteiger partial charge in [-0.2, -0.15) is 0 Å². The quantitative estimate of drug-likeness (QED) is 0.257. The third-order valence-corrected chi connectivity index (χ3v) is 4.50. The van der Waals surface area contributed by atoms with E-state index in [1.165, 1.54) is 4.90 Å². The van der Waals surface area contributed by atoms with Crippen LogP contribution >= 0.6 is 0 Å². The maximum Gasteiger partial charge on any atom is 0.325 e. The first kappa shape index (κ1) is 18.6. The fourth-order valence-corrected chi connectivity index (χ4v) is 3.09. The topological polar surface area (TPSA) is 102 Å². The minimum absolute atomic E-state index is 0.240. The van der Waals surface area contributed by atoms with Crippen LogP contribution in [0.2, 0.25) is 0 Å². The summed E-state index contributed by atoms with van der Waals surface area (Å²) in [6, 6.07) is -0.469. The molecular formula is C15H26N4O5. The maximum atomic E-state index is 12.8. The minimum atomic E-state index is -1.24. The molecule has 0 spiro atoms. The van der Waals surface area contributed by atoms with Gasteiger partial charge in [-0.15, -0.1) is 0 Å². The number of amides is 4. The molecular weight excluding hydrogens is 316 g/mol. The first-order valence-electron chi connectivity index (χ1n) is 8.37. The average molecular weight is 342 g/mol. The van der Waals surface area contributed by atoms with E-state index in [1.54, 1.807) is 0 Å². The fraction of sp³-hybridized carbons (Fsp3) is 0.800. The molecule has 2 rings (SSSR count). The van der Waals surface area contributed by atoms with E-state index in [1.807, 2.05) is 6.92 Å². The van der Waals surface area contributed by atoms with Crippen LogP contribution in [0.3, 0.4) is 0 Å². The lowest BCUT2D eigenvalue weighted by Crippen LogP contribution is -2.54. The Labute approximate surface area is 141 Å². The van der Waals surface area contributed by atoms with Crippen molar-refractivity contribution in [2.45, 2.75) is 31.7 Å². The molecule has 1 atom stereocenters. The molecule has 24 heavy (non-hydrogen) atoms. The zero-order valence-electron chi connectivity index (χ0n) is 14.1. The Kier molecular flexibility index (Phi) is 6.52. The highest BCUT2D eigenvalue weighted by atomic mass is 16.5. The number of hydrogen-bond acceptors (Lipinski definition) is 6. The molecule has 2 aliphatic heterocycles. The molecule has 0 saturated carbocycles. The predicted octanol–water partition coefficient (Wildman–Crippen LogP) is -0.353. The third kappa shape index (κ3) is 4.22. The van der Waals surface area contributed by atoms with E-state index in [0.29, 0.717) is 37.7 Å². The third-order valence-electron chi connectivity index (χ3n) is 4.50. The summed E-state index contributed by atoms with van der Waals surface area (Å²) < 4.78 is 5.28. The molecule has 0 radical (unpaired) electrons. The lowest BCUT2D eigenvalue weighted by molar-refractivity contribution is -0.157. The standard InChI is InChI=1S/C15H26N4O5/c1-2-3-4-15(11-18(23)12-20)13(21)19(14(22)16-15)6-5-17-7-9-24-10-8-17/h12,23H,2-11H2,1H3,(H,16,22)/t15-/m0/s1. The van der Waals surface area contributed by atoms with Crippen molar-refractivity contribution >= 4 is 18.3 Å². The molecule has 2 N–H and O–H groups in total. The van der Waals surface area contributed by atoms with Gasteiger partial charge in [-0.05, 0) is 6.42 Å². The number of urea groups is 1. The van der Waals surface area contributed by atoms with Crippen molar-refractivity contribution in [2.24, 2.45) is 0 Å². The van der Waals surface area contributed by atoms with E-state index in [4.69, 9.17) is 4.74 Å². The van der Waals surface area contributed by atoms with E-state index < -0.39 is 11.6 Å². The number of morpholine rings is 1. The number of imide groups is 1. The monoisotopic (exact) mass is 342 g/mol. The van der Waals surface area contributed by atoms with E-state index in [9.17, 15) is 19.6 Å². The van der Waals surface area contributed by atoms with Crippen LogP contribution in [0.1, 0.15) is 26.2 Å². The number of hydroxylamine groups is 2. The van der Waals surface area contributed by atoms with E-state index in [-0.39, 0.29) is 25.4 Å². The minimum Gasteiger partial charge on any atom is -0.379 e. The molecule has 2 heterocycles. The second-order valence-corrected chi connectivity index (χ2v) is 6.23. The second kappa shape index (κ2) is 8.41. The van der Waals surface area contributed by atoms with Gasteiger partial charge in [0.2, 0.25) is 6.41 Å². The van der Waals surface area contributed by atoms with Crippen LogP contribution in [-0.2, 0) is 14.3 Å². The molecule has 9 heteroatoms. The van der Waals surface area contributed by atoms with Gasteiger partial charge in [0.05, 0.1) is 19.8 Å². The molecule has 0 bridgehead atoms. The van der Waals surface area contributed by atoms with Crippen LogP contribution in [0.5, 0.6) is 0 Å².